The molecular formula is C22H21ClN6O. The van der Waals surface area contributed by atoms with Gasteiger partial charge >= 0.3 is 0 Å². The van der Waals surface area contributed by atoms with Crippen molar-refractivity contribution in [1.82, 2.24) is 19.5 Å². The fraction of sp³-hybridized carbons (Fsp3) is 0.227. The van der Waals surface area contributed by atoms with Crippen molar-refractivity contribution < 1.29 is 4.74 Å². The first kappa shape index (κ1) is 18.7. The molecule has 7 nitrogen and oxygen atoms in total. The summed E-state index contributed by atoms with van der Waals surface area (Å²) in [7, 11) is 1.69. The van der Waals surface area contributed by atoms with E-state index in [4.69, 9.17) is 16.3 Å². The molecule has 0 spiro atoms. The smallest absolute Gasteiger partial charge is 0.170 e. The van der Waals surface area contributed by atoms with Gasteiger partial charge in [0.15, 0.2) is 17.0 Å². The molecule has 0 unspecified atom stereocenters. The number of benzene rings is 2. The van der Waals surface area contributed by atoms with Gasteiger partial charge in [-0.05, 0) is 48.5 Å². The molecule has 4 aromatic rings. The molecule has 2 aromatic carbocycles. The monoisotopic (exact) mass is 420 g/mol. The number of halogens is 1. The zero-order valence-corrected chi connectivity index (χ0v) is 17.3. The minimum Gasteiger partial charge on any atom is -0.497 e. The number of nitrogens with zero attached hydrogens (tertiary/aromatic N) is 6. The average molecular weight is 421 g/mol. The Balaban J connectivity index is 1.37. The second kappa shape index (κ2) is 7.84. The molecule has 1 fully saturated rings. The van der Waals surface area contributed by atoms with Gasteiger partial charge in [0.05, 0.1) is 7.11 Å². The molecule has 3 heterocycles. The van der Waals surface area contributed by atoms with Crippen molar-refractivity contribution >= 4 is 34.3 Å². The topological polar surface area (TPSA) is 59.3 Å². The lowest BCUT2D eigenvalue weighted by molar-refractivity contribution is 0.415. The fourth-order valence-corrected chi connectivity index (χ4v) is 3.94. The Kier molecular flexibility index (Phi) is 4.88. The molecule has 0 aliphatic carbocycles. The quantitative estimate of drug-likeness (QED) is 0.500. The van der Waals surface area contributed by atoms with Crippen molar-refractivity contribution in [2.75, 3.05) is 43.1 Å². The maximum absolute atomic E-state index is 6.02. The predicted octanol–water partition coefficient (Wildman–Crippen LogP) is 3.80. The van der Waals surface area contributed by atoms with E-state index in [1.54, 1.807) is 19.8 Å². The number of fused-ring (bicyclic) bond motifs is 1. The first-order chi connectivity index (χ1) is 14.7. The van der Waals surface area contributed by atoms with Crippen LogP contribution < -0.4 is 14.5 Å². The molecule has 0 amide bonds. The number of ether oxygens (including phenoxy) is 1. The molecule has 0 saturated carbocycles. The Hall–Kier alpha value is -3.32. The van der Waals surface area contributed by atoms with E-state index in [1.165, 1.54) is 5.69 Å². The number of hydrogen-bond donors (Lipinski definition) is 0. The SMILES string of the molecule is COc1ccc(N2CCN(c3ncnc4c3ncn4-c3ccc(Cl)cc3)CC2)cc1. The highest BCUT2D eigenvalue weighted by Gasteiger charge is 2.22. The van der Waals surface area contributed by atoms with Crippen LogP contribution in [0.2, 0.25) is 5.02 Å². The van der Waals surface area contributed by atoms with Crippen LogP contribution in [-0.4, -0.2) is 52.8 Å². The fourth-order valence-electron chi connectivity index (χ4n) is 3.81. The number of rotatable bonds is 4. The van der Waals surface area contributed by atoms with E-state index in [2.05, 4.69) is 36.9 Å². The molecule has 1 aliphatic rings. The number of aromatic nitrogens is 4. The summed E-state index contributed by atoms with van der Waals surface area (Å²) in [6.45, 7) is 3.56. The Morgan fingerprint density at radius 3 is 2.17 bits per heavy atom. The summed E-state index contributed by atoms with van der Waals surface area (Å²) < 4.78 is 7.22. The van der Waals surface area contributed by atoms with E-state index in [9.17, 15) is 0 Å². The van der Waals surface area contributed by atoms with E-state index >= 15 is 0 Å². The molecule has 2 aromatic heterocycles. The molecule has 1 saturated heterocycles. The number of anilines is 2. The first-order valence-electron chi connectivity index (χ1n) is 9.81. The van der Waals surface area contributed by atoms with Crippen molar-refractivity contribution in [1.29, 1.82) is 0 Å². The molecule has 1 aliphatic heterocycles. The molecular weight excluding hydrogens is 400 g/mol. The standard InChI is InChI=1S/C22H21ClN6O/c1-30-19-8-6-17(7-9-19)27-10-12-28(13-11-27)21-20-22(25-14-24-21)29(15-26-20)18-4-2-16(23)3-5-18/h2-9,14-15H,10-13H2,1H3. The average Bonchev–Trinajstić information content (AvgIpc) is 3.24. The normalized spacial score (nSPS) is 14.3. The van der Waals surface area contributed by atoms with Crippen LogP contribution in [0.1, 0.15) is 0 Å². The maximum Gasteiger partial charge on any atom is 0.170 e. The third-order valence-corrected chi connectivity index (χ3v) is 5.69. The van der Waals surface area contributed by atoms with Crippen molar-refractivity contribution in [2.24, 2.45) is 0 Å². The van der Waals surface area contributed by atoms with Crippen LogP contribution in [0.5, 0.6) is 5.75 Å². The number of hydrogen-bond acceptors (Lipinski definition) is 6. The molecule has 0 bridgehead atoms. The van der Waals surface area contributed by atoms with Crippen LogP contribution in [0.3, 0.4) is 0 Å². The molecule has 0 N–H and O–H groups in total. The first-order valence-corrected chi connectivity index (χ1v) is 10.2. The van der Waals surface area contributed by atoms with Gasteiger partial charge in [-0.2, -0.15) is 0 Å². The lowest BCUT2D eigenvalue weighted by Crippen LogP contribution is -2.46. The minimum absolute atomic E-state index is 0.702. The molecule has 8 heteroatoms. The van der Waals surface area contributed by atoms with Crippen LogP contribution in [0, 0.1) is 0 Å². The van der Waals surface area contributed by atoms with Gasteiger partial charge in [-0.15, -0.1) is 0 Å². The van der Waals surface area contributed by atoms with Gasteiger partial charge in [-0.3, -0.25) is 4.57 Å². The Bertz CT molecular complexity index is 1150. The van der Waals surface area contributed by atoms with Gasteiger partial charge in [0, 0.05) is 42.6 Å². The van der Waals surface area contributed by atoms with Gasteiger partial charge in [-0.1, -0.05) is 11.6 Å². The Morgan fingerprint density at radius 1 is 0.800 bits per heavy atom. The van der Waals surface area contributed by atoms with Gasteiger partial charge < -0.3 is 14.5 Å². The van der Waals surface area contributed by atoms with Crippen LogP contribution in [0.25, 0.3) is 16.9 Å². The summed E-state index contributed by atoms with van der Waals surface area (Å²) in [6.07, 6.45) is 3.40. The summed E-state index contributed by atoms with van der Waals surface area (Å²) in [5.74, 6) is 1.75. The van der Waals surface area contributed by atoms with Gasteiger partial charge in [0.1, 0.15) is 18.4 Å². The summed E-state index contributed by atoms with van der Waals surface area (Å²) in [5.41, 5.74) is 3.77. The van der Waals surface area contributed by atoms with Crippen molar-refractivity contribution in [3.63, 3.8) is 0 Å². The maximum atomic E-state index is 6.02. The van der Waals surface area contributed by atoms with E-state index < -0.39 is 0 Å². The Morgan fingerprint density at radius 2 is 1.47 bits per heavy atom. The van der Waals surface area contributed by atoms with Gasteiger partial charge in [-0.25, -0.2) is 15.0 Å². The third kappa shape index (κ3) is 3.41. The largest absolute Gasteiger partial charge is 0.497 e. The number of piperazine rings is 1. The van der Waals surface area contributed by atoms with Gasteiger partial charge in [0.25, 0.3) is 0 Å². The summed E-state index contributed by atoms with van der Waals surface area (Å²) in [4.78, 5) is 18.3. The van der Waals surface area contributed by atoms with E-state index in [-0.39, 0.29) is 0 Å². The number of methoxy groups -OCH3 is 1. The van der Waals surface area contributed by atoms with Crippen molar-refractivity contribution in [3.05, 3.63) is 66.2 Å². The Labute approximate surface area is 179 Å². The molecule has 0 atom stereocenters. The summed E-state index contributed by atoms with van der Waals surface area (Å²) >= 11 is 6.02. The van der Waals surface area contributed by atoms with Crippen LogP contribution in [0.4, 0.5) is 11.5 Å². The zero-order chi connectivity index (χ0) is 20.5. The summed E-state index contributed by atoms with van der Waals surface area (Å²) in [5, 5.41) is 0.702. The molecule has 5 rings (SSSR count). The second-order valence-corrected chi connectivity index (χ2v) is 7.57. The highest BCUT2D eigenvalue weighted by molar-refractivity contribution is 6.30. The van der Waals surface area contributed by atoms with Gasteiger partial charge in [0.2, 0.25) is 0 Å². The molecule has 152 valence electrons. The lowest BCUT2D eigenvalue weighted by Gasteiger charge is -2.36. The summed E-state index contributed by atoms with van der Waals surface area (Å²) in [6, 6.07) is 15.8. The molecule has 0 radical (unpaired) electrons. The second-order valence-electron chi connectivity index (χ2n) is 7.13. The van der Waals surface area contributed by atoms with Crippen LogP contribution in [-0.2, 0) is 0 Å². The van der Waals surface area contributed by atoms with Crippen LogP contribution >= 0.6 is 11.6 Å². The minimum atomic E-state index is 0.702. The third-order valence-electron chi connectivity index (χ3n) is 5.44. The highest BCUT2D eigenvalue weighted by Crippen LogP contribution is 2.27. The van der Waals surface area contributed by atoms with E-state index in [1.807, 2.05) is 41.0 Å². The highest BCUT2D eigenvalue weighted by atomic mass is 35.5. The van der Waals surface area contributed by atoms with E-state index in [0.717, 1.165) is 54.6 Å². The predicted molar refractivity (Wildman–Crippen MR) is 119 cm³/mol. The van der Waals surface area contributed by atoms with Crippen molar-refractivity contribution in [3.8, 4) is 11.4 Å². The van der Waals surface area contributed by atoms with Crippen LogP contribution in [0.15, 0.2) is 61.2 Å². The van der Waals surface area contributed by atoms with E-state index in [0.29, 0.717) is 5.02 Å². The van der Waals surface area contributed by atoms with Crippen molar-refractivity contribution in [2.45, 2.75) is 0 Å². The lowest BCUT2D eigenvalue weighted by atomic mass is 10.2. The molecule has 30 heavy (non-hydrogen) atoms. The zero-order valence-electron chi connectivity index (χ0n) is 16.6. The number of imidazole rings is 1.